The molecule has 0 spiro atoms. The number of hydrogen-bond acceptors (Lipinski definition) is 9. The highest BCUT2D eigenvalue weighted by Crippen LogP contribution is 2.36. The van der Waals surface area contributed by atoms with Gasteiger partial charge in [-0.15, -0.1) is 0 Å². The Kier molecular flexibility index (Phi) is 6.45. The number of methoxy groups -OCH3 is 1. The van der Waals surface area contributed by atoms with Gasteiger partial charge in [-0.2, -0.15) is 0 Å². The lowest BCUT2D eigenvalue weighted by molar-refractivity contribution is -0.160. The van der Waals surface area contributed by atoms with Crippen LogP contribution >= 0.6 is 0 Å². The Morgan fingerprint density at radius 3 is 2.55 bits per heavy atom. The van der Waals surface area contributed by atoms with E-state index in [-0.39, 0.29) is 28.3 Å². The maximum absolute atomic E-state index is 13.1. The number of hydrogen-bond donors (Lipinski definition) is 1. The van der Waals surface area contributed by atoms with Gasteiger partial charge in [0.05, 0.1) is 36.7 Å². The number of benzene rings is 1. The molecular weight excluding hydrogens is 428 g/mol. The Bertz CT molecular complexity index is 1110. The average molecular weight is 459 g/mol. The molecular formula is C24H30N2O7. The van der Waals surface area contributed by atoms with Crippen LogP contribution in [0.25, 0.3) is 11.0 Å². The van der Waals surface area contributed by atoms with Gasteiger partial charge in [0.15, 0.2) is 17.5 Å². The molecule has 2 aliphatic rings. The van der Waals surface area contributed by atoms with Crippen molar-refractivity contribution in [2.24, 2.45) is 5.41 Å². The van der Waals surface area contributed by atoms with Gasteiger partial charge >= 0.3 is 11.9 Å². The number of carbonyl (C=O) groups excluding carboxylic acids is 2. The highest BCUT2D eigenvalue weighted by atomic mass is 16.6. The lowest BCUT2D eigenvalue weighted by Gasteiger charge is -2.28. The first kappa shape index (κ1) is 23.3. The van der Waals surface area contributed by atoms with Crippen molar-refractivity contribution in [3.05, 3.63) is 39.5 Å². The van der Waals surface area contributed by atoms with Crippen LogP contribution in [0.1, 0.15) is 49.0 Å². The first-order valence-corrected chi connectivity index (χ1v) is 11.2. The quantitative estimate of drug-likeness (QED) is 0.691. The molecule has 2 unspecified atom stereocenters. The third kappa shape index (κ3) is 4.74. The predicted octanol–water partition coefficient (Wildman–Crippen LogP) is 2.41. The molecule has 2 atom stereocenters. The summed E-state index contributed by atoms with van der Waals surface area (Å²) in [6.07, 6.45) is 0.0398. The SMILES string of the molecule is COC(=O)c1cc(C2CCNC2OC(=O)C(C)(C)C)c2oc(N3CCOCC3)cc(=O)c2c1. The molecule has 9 heteroatoms. The van der Waals surface area contributed by atoms with Crippen LogP contribution in [0.4, 0.5) is 5.88 Å². The highest BCUT2D eigenvalue weighted by molar-refractivity contribution is 5.95. The number of morpholine rings is 1. The van der Waals surface area contributed by atoms with E-state index >= 15 is 0 Å². The molecule has 178 valence electrons. The maximum Gasteiger partial charge on any atom is 0.337 e. The molecule has 2 saturated heterocycles. The number of fused-ring (bicyclic) bond motifs is 1. The minimum atomic E-state index is -0.666. The number of anilines is 1. The largest absolute Gasteiger partial charge is 0.465 e. The summed E-state index contributed by atoms with van der Waals surface area (Å²) in [6, 6.07) is 4.62. The van der Waals surface area contributed by atoms with E-state index in [2.05, 4.69) is 5.32 Å². The van der Waals surface area contributed by atoms with Crippen molar-refractivity contribution < 1.29 is 28.2 Å². The Hall–Kier alpha value is -2.91. The molecule has 1 aromatic heterocycles. The third-order valence-corrected chi connectivity index (χ3v) is 6.00. The third-order valence-electron chi connectivity index (χ3n) is 6.00. The van der Waals surface area contributed by atoms with E-state index in [1.807, 2.05) is 4.90 Å². The van der Waals surface area contributed by atoms with E-state index < -0.39 is 17.6 Å². The molecule has 0 saturated carbocycles. The lowest BCUT2D eigenvalue weighted by atomic mass is 9.92. The summed E-state index contributed by atoms with van der Waals surface area (Å²) in [7, 11) is 1.29. The van der Waals surface area contributed by atoms with Gasteiger partial charge in [-0.25, -0.2) is 4.79 Å². The van der Waals surface area contributed by atoms with E-state index in [9.17, 15) is 14.4 Å². The van der Waals surface area contributed by atoms with Crippen molar-refractivity contribution in [3.63, 3.8) is 0 Å². The van der Waals surface area contributed by atoms with E-state index in [1.54, 1.807) is 26.8 Å². The van der Waals surface area contributed by atoms with Crippen LogP contribution in [-0.2, 0) is 19.0 Å². The zero-order valence-corrected chi connectivity index (χ0v) is 19.4. The molecule has 0 aliphatic carbocycles. The lowest BCUT2D eigenvalue weighted by Crippen LogP contribution is -2.37. The van der Waals surface area contributed by atoms with Crippen LogP contribution in [0.2, 0.25) is 0 Å². The number of nitrogens with one attached hydrogen (secondary N) is 1. The molecule has 4 rings (SSSR count). The number of rotatable bonds is 4. The summed E-state index contributed by atoms with van der Waals surface area (Å²) >= 11 is 0. The molecule has 2 aliphatic heterocycles. The van der Waals surface area contributed by atoms with Crippen LogP contribution < -0.4 is 15.6 Å². The highest BCUT2D eigenvalue weighted by Gasteiger charge is 2.37. The average Bonchev–Trinajstić information content (AvgIpc) is 3.25. The van der Waals surface area contributed by atoms with Crippen molar-refractivity contribution in [2.75, 3.05) is 44.9 Å². The second-order valence-electron chi connectivity index (χ2n) is 9.41. The number of esters is 2. The molecule has 33 heavy (non-hydrogen) atoms. The second-order valence-corrected chi connectivity index (χ2v) is 9.41. The topological polar surface area (TPSA) is 107 Å². The summed E-state index contributed by atoms with van der Waals surface area (Å²) in [6.45, 7) is 8.31. The van der Waals surface area contributed by atoms with Gasteiger partial charge in [0, 0.05) is 30.6 Å². The first-order valence-electron chi connectivity index (χ1n) is 11.2. The fraction of sp³-hybridized carbons (Fsp3) is 0.542. The van der Waals surface area contributed by atoms with Crippen molar-refractivity contribution >= 4 is 28.8 Å². The zero-order chi connectivity index (χ0) is 23.8. The zero-order valence-electron chi connectivity index (χ0n) is 19.4. The molecule has 2 aromatic rings. The van der Waals surface area contributed by atoms with Gasteiger partial charge in [-0.3, -0.25) is 14.9 Å². The number of carbonyl (C=O) groups is 2. The second kappa shape index (κ2) is 9.15. The maximum atomic E-state index is 13.1. The van der Waals surface area contributed by atoms with Gasteiger partial charge in [0.2, 0.25) is 0 Å². The van der Waals surface area contributed by atoms with Gasteiger partial charge in [0.25, 0.3) is 0 Å². The van der Waals surface area contributed by atoms with Crippen LogP contribution in [0, 0.1) is 5.41 Å². The Morgan fingerprint density at radius 1 is 1.15 bits per heavy atom. The fourth-order valence-electron chi connectivity index (χ4n) is 4.13. The molecule has 9 nitrogen and oxygen atoms in total. The standard InChI is InChI=1S/C24H30N2O7/c1-24(2,3)23(29)33-21-15(5-6-25-21)16-11-14(22(28)30-4)12-17-18(27)13-19(32-20(16)17)26-7-9-31-10-8-26/h11-13,15,21,25H,5-10H2,1-4H3. The van der Waals surface area contributed by atoms with E-state index in [0.717, 1.165) is 0 Å². The van der Waals surface area contributed by atoms with Crippen molar-refractivity contribution in [2.45, 2.75) is 39.3 Å². The van der Waals surface area contributed by atoms with Gasteiger partial charge in [-0.05, 0) is 45.9 Å². The predicted molar refractivity (Wildman–Crippen MR) is 122 cm³/mol. The Labute approximate surface area is 192 Å². The van der Waals surface area contributed by atoms with Crippen molar-refractivity contribution in [1.82, 2.24) is 5.32 Å². The monoisotopic (exact) mass is 458 g/mol. The Balaban J connectivity index is 1.83. The van der Waals surface area contributed by atoms with Gasteiger partial charge in [-0.1, -0.05) is 0 Å². The summed E-state index contributed by atoms with van der Waals surface area (Å²) in [5.74, 6) is -0.733. The van der Waals surface area contributed by atoms with Crippen LogP contribution in [0.5, 0.6) is 0 Å². The van der Waals surface area contributed by atoms with Crippen LogP contribution in [0.15, 0.2) is 27.4 Å². The molecule has 0 radical (unpaired) electrons. The minimum Gasteiger partial charge on any atom is -0.465 e. The first-order chi connectivity index (χ1) is 15.7. The summed E-state index contributed by atoms with van der Waals surface area (Å²) in [5.41, 5.74) is 0.359. The van der Waals surface area contributed by atoms with E-state index in [0.29, 0.717) is 56.3 Å². The number of nitrogens with zero attached hydrogens (tertiary/aromatic N) is 1. The molecule has 0 amide bonds. The summed E-state index contributed by atoms with van der Waals surface area (Å²) < 4.78 is 22.4. The molecule has 1 aromatic carbocycles. The van der Waals surface area contributed by atoms with E-state index in [4.69, 9.17) is 18.6 Å². The smallest absolute Gasteiger partial charge is 0.337 e. The summed E-state index contributed by atoms with van der Waals surface area (Å²) in [4.78, 5) is 40.0. The van der Waals surface area contributed by atoms with Gasteiger partial charge in [0.1, 0.15) is 5.58 Å². The summed E-state index contributed by atoms with van der Waals surface area (Å²) in [5, 5.41) is 3.51. The van der Waals surface area contributed by atoms with Crippen LogP contribution in [0.3, 0.4) is 0 Å². The van der Waals surface area contributed by atoms with Crippen molar-refractivity contribution in [1.29, 1.82) is 0 Å². The fourth-order valence-corrected chi connectivity index (χ4v) is 4.13. The normalized spacial score (nSPS) is 21.3. The van der Waals surface area contributed by atoms with Crippen LogP contribution in [-0.4, -0.2) is 58.1 Å². The van der Waals surface area contributed by atoms with Gasteiger partial charge < -0.3 is 23.5 Å². The van der Waals surface area contributed by atoms with E-state index in [1.165, 1.54) is 19.2 Å². The molecule has 2 fully saturated rings. The Morgan fingerprint density at radius 2 is 1.88 bits per heavy atom. The number of ether oxygens (including phenoxy) is 3. The van der Waals surface area contributed by atoms with Crippen molar-refractivity contribution in [3.8, 4) is 0 Å². The molecule has 0 bridgehead atoms. The molecule has 3 heterocycles. The minimum absolute atomic E-state index is 0.249. The molecule has 1 N–H and O–H groups in total.